The van der Waals surface area contributed by atoms with Gasteiger partial charge in [0.05, 0.1) is 5.56 Å². The number of fused-ring (bicyclic) bond motifs is 1. The van der Waals surface area contributed by atoms with Crippen molar-refractivity contribution in [1.82, 2.24) is 0 Å². The van der Waals surface area contributed by atoms with Crippen molar-refractivity contribution in [3.05, 3.63) is 93.3 Å². The van der Waals surface area contributed by atoms with E-state index in [0.717, 1.165) is 24.6 Å². The van der Waals surface area contributed by atoms with Crippen LogP contribution in [0.4, 0.5) is 30.7 Å². The Morgan fingerprint density at radius 2 is 1.52 bits per heavy atom. The lowest BCUT2D eigenvalue weighted by molar-refractivity contribution is 0.440. The van der Waals surface area contributed by atoms with Crippen LogP contribution in [0.15, 0.2) is 30.3 Å². The highest BCUT2D eigenvalue weighted by molar-refractivity contribution is 5.68. The second-order valence-electron chi connectivity index (χ2n) is 8.36. The molecule has 1 aliphatic rings. The summed E-state index contributed by atoms with van der Waals surface area (Å²) in [4.78, 5) is 0. The molecule has 0 saturated carbocycles. The molecule has 3 aromatic carbocycles. The van der Waals surface area contributed by atoms with Crippen LogP contribution in [0.3, 0.4) is 0 Å². The zero-order chi connectivity index (χ0) is 23.9. The molecule has 174 valence electrons. The van der Waals surface area contributed by atoms with Crippen molar-refractivity contribution >= 4 is 0 Å². The van der Waals surface area contributed by atoms with E-state index >= 15 is 4.39 Å². The van der Waals surface area contributed by atoms with Crippen LogP contribution in [0.25, 0.3) is 11.1 Å². The summed E-state index contributed by atoms with van der Waals surface area (Å²) in [6, 6.07) is 5.76. The van der Waals surface area contributed by atoms with Gasteiger partial charge in [-0.2, -0.15) is 0 Å². The quantitative estimate of drug-likeness (QED) is 0.265. The summed E-state index contributed by atoms with van der Waals surface area (Å²) >= 11 is 0. The van der Waals surface area contributed by atoms with Gasteiger partial charge in [-0.1, -0.05) is 37.6 Å². The van der Waals surface area contributed by atoms with Crippen molar-refractivity contribution in [2.45, 2.75) is 51.4 Å². The van der Waals surface area contributed by atoms with Crippen LogP contribution in [-0.4, -0.2) is 0 Å². The van der Waals surface area contributed by atoms with Gasteiger partial charge >= 0.3 is 0 Å². The van der Waals surface area contributed by atoms with Gasteiger partial charge in [0.25, 0.3) is 0 Å². The molecule has 0 nitrogen and oxygen atoms in total. The van der Waals surface area contributed by atoms with E-state index in [9.17, 15) is 26.3 Å². The molecule has 33 heavy (non-hydrogen) atoms. The van der Waals surface area contributed by atoms with Crippen molar-refractivity contribution in [3.8, 4) is 11.1 Å². The third-order valence-electron chi connectivity index (χ3n) is 6.37. The monoisotopic (exact) mass is 466 g/mol. The Balaban J connectivity index is 1.74. The molecular formula is C26H21F7. The molecule has 0 bridgehead atoms. The maximum atomic E-state index is 15.2. The molecule has 0 spiro atoms. The number of halogens is 7. The SMILES string of the molecule is CCCCc1ccc(C2CCc3c(F)c(-c4cccc(F)c4F)c(F)c(F)c3C2)c(F)c1F. The molecule has 0 amide bonds. The first-order chi connectivity index (χ1) is 15.8. The van der Waals surface area contributed by atoms with Gasteiger partial charge in [-0.15, -0.1) is 0 Å². The van der Waals surface area contributed by atoms with Gasteiger partial charge in [-0.3, -0.25) is 0 Å². The lowest BCUT2D eigenvalue weighted by Gasteiger charge is -2.27. The molecule has 1 aliphatic carbocycles. The topological polar surface area (TPSA) is 0 Å². The molecule has 1 unspecified atom stereocenters. The first-order valence-corrected chi connectivity index (χ1v) is 10.9. The molecule has 0 fully saturated rings. The van der Waals surface area contributed by atoms with Gasteiger partial charge in [0.2, 0.25) is 0 Å². The first kappa shape index (κ1) is 23.3. The minimum absolute atomic E-state index is 0.0267. The Morgan fingerprint density at radius 3 is 2.24 bits per heavy atom. The number of rotatable bonds is 5. The van der Waals surface area contributed by atoms with Crippen LogP contribution in [0, 0.1) is 40.7 Å². The average molecular weight is 466 g/mol. The number of benzene rings is 3. The third kappa shape index (κ3) is 4.02. The molecule has 0 heterocycles. The molecule has 1 atom stereocenters. The highest BCUT2D eigenvalue weighted by Gasteiger charge is 2.33. The Bertz CT molecular complexity index is 1220. The van der Waals surface area contributed by atoms with Crippen molar-refractivity contribution in [3.63, 3.8) is 0 Å². The predicted octanol–water partition coefficient (Wildman–Crippen LogP) is 7.94. The van der Waals surface area contributed by atoms with Crippen molar-refractivity contribution in [2.75, 3.05) is 0 Å². The van der Waals surface area contributed by atoms with Crippen LogP contribution in [-0.2, 0) is 19.3 Å². The van der Waals surface area contributed by atoms with Crippen LogP contribution in [0.1, 0.15) is 54.4 Å². The number of hydrogen-bond acceptors (Lipinski definition) is 0. The van der Waals surface area contributed by atoms with Crippen molar-refractivity contribution in [1.29, 1.82) is 0 Å². The van der Waals surface area contributed by atoms with Gasteiger partial charge in [0.1, 0.15) is 5.82 Å². The minimum atomic E-state index is -1.64. The summed E-state index contributed by atoms with van der Waals surface area (Å²) in [5.41, 5.74) is -1.87. The maximum absolute atomic E-state index is 15.2. The second kappa shape index (κ2) is 9.20. The summed E-state index contributed by atoms with van der Waals surface area (Å²) in [6.45, 7) is 1.93. The van der Waals surface area contributed by atoms with E-state index in [-0.39, 0.29) is 41.5 Å². The number of hydrogen-bond donors (Lipinski definition) is 0. The second-order valence-corrected chi connectivity index (χ2v) is 8.36. The molecular weight excluding hydrogens is 445 g/mol. The number of aryl methyl sites for hydroxylation is 1. The maximum Gasteiger partial charge on any atom is 0.169 e. The van der Waals surface area contributed by atoms with Gasteiger partial charge in [-0.25, -0.2) is 30.7 Å². The van der Waals surface area contributed by atoms with E-state index in [4.69, 9.17) is 0 Å². The highest BCUT2D eigenvalue weighted by Crippen LogP contribution is 2.41. The van der Waals surface area contributed by atoms with Crippen LogP contribution in [0.2, 0.25) is 0 Å². The summed E-state index contributed by atoms with van der Waals surface area (Å²) in [5, 5.41) is 0. The van der Waals surface area contributed by atoms with E-state index in [1.54, 1.807) is 0 Å². The van der Waals surface area contributed by atoms with Gasteiger partial charge in [0.15, 0.2) is 34.9 Å². The summed E-state index contributed by atoms with van der Waals surface area (Å²) in [6.07, 6.45) is 1.73. The Morgan fingerprint density at radius 1 is 0.758 bits per heavy atom. The predicted molar refractivity (Wildman–Crippen MR) is 111 cm³/mol. The van der Waals surface area contributed by atoms with E-state index in [1.807, 2.05) is 6.92 Å². The zero-order valence-corrected chi connectivity index (χ0v) is 17.9. The summed E-state index contributed by atoms with van der Waals surface area (Å²) in [7, 11) is 0. The van der Waals surface area contributed by atoms with E-state index in [1.165, 1.54) is 12.1 Å². The summed E-state index contributed by atoms with van der Waals surface area (Å²) < 4.78 is 102. The third-order valence-corrected chi connectivity index (χ3v) is 6.37. The Hall–Kier alpha value is -2.83. The first-order valence-electron chi connectivity index (χ1n) is 10.9. The minimum Gasteiger partial charge on any atom is -0.206 e. The molecule has 0 radical (unpaired) electrons. The van der Waals surface area contributed by atoms with Gasteiger partial charge in [0, 0.05) is 5.56 Å². The molecule has 0 saturated heterocycles. The highest BCUT2D eigenvalue weighted by atomic mass is 19.2. The average Bonchev–Trinajstić information content (AvgIpc) is 2.81. The van der Waals surface area contributed by atoms with E-state index in [0.29, 0.717) is 12.8 Å². The zero-order valence-electron chi connectivity index (χ0n) is 17.9. The largest absolute Gasteiger partial charge is 0.206 e. The van der Waals surface area contributed by atoms with E-state index < -0.39 is 57.8 Å². The molecule has 0 N–H and O–H groups in total. The lowest BCUT2D eigenvalue weighted by atomic mass is 9.78. The fraction of sp³-hybridized carbons (Fsp3) is 0.308. The standard InChI is InChI=1S/C26H21F7/c1-2-3-5-13-8-10-15(24(31)21(13)28)14-9-11-16-18(12-14)25(32)26(33)20(23(16)30)17-6-4-7-19(27)22(17)29/h4,6-8,10,14H,2-3,5,9,11-12H2,1H3. The summed E-state index contributed by atoms with van der Waals surface area (Å²) in [5.74, 6) is -9.68. The normalized spacial score (nSPS) is 15.6. The lowest BCUT2D eigenvalue weighted by Crippen LogP contribution is -2.19. The fourth-order valence-electron chi connectivity index (χ4n) is 4.57. The Kier molecular flexibility index (Phi) is 6.50. The molecule has 4 rings (SSSR count). The number of unbranched alkanes of at least 4 members (excludes halogenated alkanes) is 1. The smallest absolute Gasteiger partial charge is 0.169 e. The van der Waals surface area contributed by atoms with E-state index in [2.05, 4.69) is 0 Å². The molecule has 0 aliphatic heterocycles. The van der Waals surface area contributed by atoms with Crippen LogP contribution < -0.4 is 0 Å². The van der Waals surface area contributed by atoms with Crippen LogP contribution in [0.5, 0.6) is 0 Å². The fourth-order valence-corrected chi connectivity index (χ4v) is 4.57. The van der Waals surface area contributed by atoms with Crippen molar-refractivity contribution in [2.24, 2.45) is 0 Å². The molecule has 7 heteroatoms. The molecule has 0 aromatic heterocycles. The van der Waals surface area contributed by atoms with Gasteiger partial charge < -0.3 is 0 Å². The molecule has 3 aromatic rings. The van der Waals surface area contributed by atoms with Crippen LogP contribution >= 0.6 is 0 Å². The van der Waals surface area contributed by atoms with Gasteiger partial charge in [-0.05, 0) is 66.3 Å². The van der Waals surface area contributed by atoms with Crippen molar-refractivity contribution < 1.29 is 30.7 Å². The Labute approximate surface area is 187 Å².